The smallest absolute Gasteiger partial charge is 0.309 e. The highest BCUT2D eigenvalue weighted by molar-refractivity contribution is 5.95. The number of carboxylic acid groups (broad SMARTS) is 1. The largest absolute Gasteiger partial charge is 0.481 e. The van der Waals surface area contributed by atoms with Gasteiger partial charge in [0.2, 0.25) is 0 Å². The molecule has 9 atom stereocenters. The van der Waals surface area contributed by atoms with Crippen molar-refractivity contribution in [3.63, 3.8) is 0 Å². The highest BCUT2D eigenvalue weighted by atomic mass is 16.6. The van der Waals surface area contributed by atoms with Gasteiger partial charge in [0.25, 0.3) is 0 Å². The average Bonchev–Trinajstić information content (AvgIpc) is 2.85. The Morgan fingerprint density at radius 1 is 0.974 bits per heavy atom. The van der Waals surface area contributed by atoms with Crippen LogP contribution in [-0.2, 0) is 14.4 Å². The van der Waals surface area contributed by atoms with Crippen molar-refractivity contribution in [3.8, 4) is 0 Å². The van der Waals surface area contributed by atoms with E-state index in [1.54, 1.807) is 7.11 Å². The van der Waals surface area contributed by atoms with E-state index in [0.717, 1.165) is 64.5 Å². The number of nitrogens with one attached hydrogen (secondary N) is 2. The Morgan fingerprint density at radius 2 is 1.67 bits per heavy atom. The zero-order valence-electron chi connectivity index (χ0n) is 25.8. The van der Waals surface area contributed by atoms with Crippen molar-refractivity contribution in [2.75, 3.05) is 20.2 Å². The molecule has 4 saturated carbocycles. The highest BCUT2D eigenvalue weighted by Crippen LogP contribution is 2.75. The molecule has 0 aliphatic heterocycles. The second-order valence-corrected chi connectivity index (χ2v) is 16.0. The molecule has 6 nitrogen and oxygen atoms in total. The molecule has 39 heavy (non-hydrogen) atoms. The SMILES string of the molecule is CONCCN[C@H]1CC[C@@]2(C)C(CC[C@]3(C)[C@@H]2C(=O)C=C2[C@@H]4C[C@@](C)(C(=O)O)CC[C@]4(C)CC[C@]23C)C1(C)C. The number of aliphatic carboxylic acids is 1. The predicted octanol–water partition coefficient (Wildman–Crippen LogP) is 6.16. The molecule has 1 unspecified atom stereocenters. The minimum atomic E-state index is -0.706. The lowest BCUT2D eigenvalue weighted by atomic mass is 9.33. The van der Waals surface area contributed by atoms with Gasteiger partial charge < -0.3 is 15.3 Å². The molecule has 0 bridgehead atoms. The summed E-state index contributed by atoms with van der Waals surface area (Å²) >= 11 is 0. The summed E-state index contributed by atoms with van der Waals surface area (Å²) in [5.74, 6) is 0.325. The molecule has 0 radical (unpaired) electrons. The van der Waals surface area contributed by atoms with Crippen LogP contribution in [0, 0.1) is 50.2 Å². The quantitative estimate of drug-likeness (QED) is 0.275. The zero-order chi connectivity index (χ0) is 28.6. The van der Waals surface area contributed by atoms with E-state index < -0.39 is 11.4 Å². The molecule has 0 aromatic heterocycles. The summed E-state index contributed by atoms with van der Waals surface area (Å²) in [6.45, 7) is 18.1. The number of rotatable bonds is 6. The van der Waals surface area contributed by atoms with Crippen LogP contribution in [0.4, 0.5) is 0 Å². The maximum absolute atomic E-state index is 14.5. The van der Waals surface area contributed by atoms with Crippen molar-refractivity contribution in [1.82, 2.24) is 10.8 Å². The molecular formula is C33H54N2O4. The van der Waals surface area contributed by atoms with Crippen LogP contribution in [-0.4, -0.2) is 43.1 Å². The normalized spacial score (nSPS) is 48.7. The van der Waals surface area contributed by atoms with Crippen molar-refractivity contribution >= 4 is 11.8 Å². The van der Waals surface area contributed by atoms with Gasteiger partial charge in [0.1, 0.15) is 0 Å². The third-order valence-corrected chi connectivity index (χ3v) is 13.9. The van der Waals surface area contributed by atoms with E-state index in [-0.39, 0.29) is 38.9 Å². The molecule has 5 aliphatic carbocycles. The summed E-state index contributed by atoms with van der Waals surface area (Å²) in [5.41, 5.74) is 3.52. The van der Waals surface area contributed by atoms with Crippen LogP contribution >= 0.6 is 0 Å². The number of carbonyl (C=O) groups is 2. The van der Waals surface area contributed by atoms with Gasteiger partial charge in [-0.05, 0) is 110 Å². The van der Waals surface area contributed by atoms with Gasteiger partial charge in [-0.25, -0.2) is 5.48 Å². The number of fused-ring (bicyclic) bond motifs is 7. The Balaban J connectivity index is 1.50. The lowest BCUT2D eigenvalue weighted by molar-refractivity contribution is -0.189. The van der Waals surface area contributed by atoms with Crippen molar-refractivity contribution < 1.29 is 19.5 Å². The van der Waals surface area contributed by atoms with Gasteiger partial charge in [-0.1, -0.05) is 47.1 Å². The lowest BCUT2D eigenvalue weighted by Crippen LogP contribution is -2.67. The highest BCUT2D eigenvalue weighted by Gasteiger charge is 2.70. The number of hydroxylamine groups is 1. The van der Waals surface area contributed by atoms with Gasteiger partial charge in [0, 0.05) is 25.0 Å². The zero-order valence-corrected chi connectivity index (χ0v) is 25.8. The van der Waals surface area contributed by atoms with Gasteiger partial charge in [-0.3, -0.25) is 9.59 Å². The Bertz CT molecular complexity index is 1050. The molecule has 3 N–H and O–H groups in total. The van der Waals surface area contributed by atoms with E-state index in [0.29, 0.717) is 24.2 Å². The molecule has 220 valence electrons. The van der Waals surface area contributed by atoms with E-state index in [1.807, 2.05) is 6.92 Å². The predicted molar refractivity (Wildman–Crippen MR) is 154 cm³/mol. The van der Waals surface area contributed by atoms with Gasteiger partial charge >= 0.3 is 5.97 Å². The maximum atomic E-state index is 14.5. The minimum Gasteiger partial charge on any atom is -0.481 e. The fourth-order valence-corrected chi connectivity index (χ4v) is 11.1. The van der Waals surface area contributed by atoms with Crippen LogP contribution in [0.25, 0.3) is 0 Å². The van der Waals surface area contributed by atoms with Crippen LogP contribution in [0.3, 0.4) is 0 Å². The molecule has 6 heteroatoms. The summed E-state index contributed by atoms with van der Waals surface area (Å²) < 4.78 is 0. The average molecular weight is 543 g/mol. The number of ketones is 1. The van der Waals surface area contributed by atoms with Crippen molar-refractivity contribution in [3.05, 3.63) is 11.6 Å². The standard InChI is InChI=1S/C33H54N2O4/c1-28(2)24-9-12-33(7)26(31(24,5)11-10-25(28)34-17-18-35-39-8)23(36)19-21-22-20-30(4,27(37)38)14-13-29(22,3)15-16-32(21,33)6/h19,22,24-26,34-35H,9-18,20H2,1-8H3,(H,37,38)/t22-,24?,25-,26+,29+,30-,31-,32+,33+/m0/s1. The van der Waals surface area contributed by atoms with Crippen molar-refractivity contribution in [2.24, 2.45) is 50.2 Å². The monoisotopic (exact) mass is 542 g/mol. The first-order valence-electron chi connectivity index (χ1n) is 15.6. The second kappa shape index (κ2) is 9.39. The number of hydrogen-bond donors (Lipinski definition) is 3. The first-order valence-corrected chi connectivity index (χ1v) is 15.6. The van der Waals surface area contributed by atoms with Crippen LogP contribution in [0.5, 0.6) is 0 Å². The molecule has 0 saturated heterocycles. The van der Waals surface area contributed by atoms with E-state index >= 15 is 0 Å². The summed E-state index contributed by atoms with van der Waals surface area (Å²) in [6.07, 6.45) is 11.0. The van der Waals surface area contributed by atoms with E-state index in [4.69, 9.17) is 4.84 Å². The van der Waals surface area contributed by atoms with Crippen LogP contribution < -0.4 is 10.8 Å². The Labute approximate surface area is 236 Å². The van der Waals surface area contributed by atoms with Crippen LogP contribution in [0.2, 0.25) is 0 Å². The maximum Gasteiger partial charge on any atom is 0.309 e. The van der Waals surface area contributed by atoms with E-state index in [1.165, 1.54) is 5.57 Å². The fourth-order valence-electron chi connectivity index (χ4n) is 11.1. The molecular weight excluding hydrogens is 488 g/mol. The van der Waals surface area contributed by atoms with Crippen molar-refractivity contribution in [2.45, 2.75) is 112 Å². The molecule has 0 spiro atoms. The Hall–Kier alpha value is -1.24. The summed E-state index contributed by atoms with van der Waals surface area (Å²) in [6, 6.07) is 0.422. The molecule has 5 rings (SSSR count). The van der Waals surface area contributed by atoms with Crippen LogP contribution in [0.1, 0.15) is 106 Å². The van der Waals surface area contributed by atoms with Gasteiger partial charge in [-0.15, -0.1) is 0 Å². The van der Waals surface area contributed by atoms with Gasteiger partial charge in [0.05, 0.1) is 12.5 Å². The molecule has 0 aromatic carbocycles. The Kier molecular flexibility index (Phi) is 7.04. The number of carboxylic acids is 1. The number of allylic oxidation sites excluding steroid dienone is 2. The molecule has 4 fully saturated rings. The summed E-state index contributed by atoms with van der Waals surface area (Å²) in [4.78, 5) is 31.8. The van der Waals surface area contributed by atoms with E-state index in [9.17, 15) is 14.7 Å². The topological polar surface area (TPSA) is 87.7 Å². The third kappa shape index (κ3) is 4.05. The minimum absolute atomic E-state index is 0.0201. The third-order valence-electron chi connectivity index (χ3n) is 13.9. The molecule has 0 heterocycles. The summed E-state index contributed by atoms with van der Waals surface area (Å²) in [5, 5.41) is 13.9. The number of hydrogen-bond acceptors (Lipinski definition) is 5. The first-order chi connectivity index (χ1) is 18.1. The van der Waals surface area contributed by atoms with Gasteiger partial charge in [0.15, 0.2) is 5.78 Å². The molecule has 0 aromatic rings. The number of carbonyl (C=O) groups excluding carboxylic acids is 1. The van der Waals surface area contributed by atoms with Crippen LogP contribution in [0.15, 0.2) is 11.6 Å². The van der Waals surface area contributed by atoms with E-state index in [2.05, 4.69) is 58.4 Å². The Morgan fingerprint density at radius 3 is 2.33 bits per heavy atom. The first kappa shape index (κ1) is 29.3. The summed E-state index contributed by atoms with van der Waals surface area (Å²) in [7, 11) is 1.66. The van der Waals surface area contributed by atoms with Gasteiger partial charge in [-0.2, -0.15) is 0 Å². The molecule has 0 amide bonds. The van der Waals surface area contributed by atoms with Crippen molar-refractivity contribution in [1.29, 1.82) is 0 Å². The second-order valence-electron chi connectivity index (χ2n) is 16.0. The fraction of sp³-hybridized carbons (Fsp3) is 0.879. The lowest BCUT2D eigenvalue weighted by Gasteiger charge is -2.70. The molecule has 5 aliphatic rings.